The molecule has 2 aromatic heterocycles. The molecular formula is C74H46F3NO3. The van der Waals surface area contributed by atoms with E-state index < -0.39 is 11.8 Å². The maximum atomic E-state index is 13.6. The minimum Gasteiger partial charge on any atom is -0.455 e. The van der Waals surface area contributed by atoms with Gasteiger partial charge in [0.05, 0.1) is 5.41 Å². The van der Waals surface area contributed by atoms with E-state index in [4.69, 9.17) is 8.83 Å². The van der Waals surface area contributed by atoms with E-state index in [0.29, 0.717) is 0 Å². The summed E-state index contributed by atoms with van der Waals surface area (Å²) in [6, 6.07) is 95.3. The van der Waals surface area contributed by atoms with Crippen LogP contribution in [0.2, 0.25) is 0 Å². The van der Waals surface area contributed by atoms with Gasteiger partial charge >= 0.3 is 6.36 Å². The molecule has 7 heteroatoms. The number of para-hydroxylation sites is 4. The third-order valence-corrected chi connectivity index (χ3v) is 16.1. The fourth-order valence-electron chi connectivity index (χ4n) is 12.6. The van der Waals surface area contributed by atoms with Crippen molar-refractivity contribution in [3.63, 3.8) is 0 Å². The first-order valence-corrected chi connectivity index (χ1v) is 26.9. The Kier molecular flexibility index (Phi) is 11.2. The molecule has 0 atom stereocenters. The monoisotopic (exact) mass is 1050 g/mol. The number of fused-ring (bicyclic) bond motifs is 9. The van der Waals surface area contributed by atoms with Crippen LogP contribution in [0.3, 0.4) is 0 Å². The first-order valence-electron chi connectivity index (χ1n) is 26.9. The first kappa shape index (κ1) is 47.8. The molecule has 0 radical (unpaired) electrons. The Hall–Kier alpha value is -10.4. The number of hydrogen-bond donors (Lipinski definition) is 0. The minimum atomic E-state index is -4.84. The number of benzene rings is 12. The summed E-state index contributed by atoms with van der Waals surface area (Å²) in [6.45, 7) is 0. The summed E-state index contributed by atoms with van der Waals surface area (Å²) in [5.74, 6) is -0.285. The van der Waals surface area contributed by atoms with E-state index in [-0.39, 0.29) is 5.75 Å². The van der Waals surface area contributed by atoms with E-state index in [9.17, 15) is 13.2 Å². The number of alkyl halides is 3. The lowest BCUT2D eigenvalue weighted by Crippen LogP contribution is -2.29. The normalized spacial score (nSPS) is 12.7. The molecule has 14 aromatic rings. The van der Waals surface area contributed by atoms with Crippen molar-refractivity contribution < 1.29 is 26.7 Å². The average molecular weight is 1050 g/mol. The molecule has 12 aromatic carbocycles. The smallest absolute Gasteiger partial charge is 0.455 e. The van der Waals surface area contributed by atoms with Gasteiger partial charge in [-0.05, 0) is 140 Å². The maximum absolute atomic E-state index is 13.6. The lowest BCUT2D eigenvalue weighted by atomic mass is 9.66. The Morgan fingerprint density at radius 3 is 1.31 bits per heavy atom. The van der Waals surface area contributed by atoms with E-state index >= 15 is 0 Å². The quantitative estimate of drug-likeness (QED) is 0.137. The third-order valence-electron chi connectivity index (χ3n) is 16.1. The molecule has 0 unspecified atom stereocenters. The van der Waals surface area contributed by atoms with Gasteiger partial charge in [-0.3, -0.25) is 0 Å². The van der Waals surface area contributed by atoms with Gasteiger partial charge in [0.2, 0.25) is 0 Å². The van der Waals surface area contributed by atoms with Gasteiger partial charge in [0.25, 0.3) is 0 Å². The minimum absolute atomic E-state index is 0.285. The molecule has 81 heavy (non-hydrogen) atoms. The standard InChI is InChI=1S/C74H46F3NO3/c75-74(76,77)81-57-41-34-50(35-42-57)65-44-51(47-16-4-1-5-17-47)45-66-60-43-40-56(46-67(60)73(70(65)66,52-18-6-2-7-19-52)53-20-8-3-9-21-53)78(54-36-30-48(31-37-54)58-24-14-26-63-61-22-10-12-28-68(61)79-71(58)63)55-38-32-49(33-39-55)59-25-15-27-64-62-23-11-13-29-69(62)80-72(59)64/h1-46H. The molecule has 15 rings (SSSR count). The second-order valence-electron chi connectivity index (χ2n) is 20.6. The van der Waals surface area contributed by atoms with Crippen LogP contribution in [0.4, 0.5) is 30.2 Å². The lowest BCUT2D eigenvalue weighted by Gasteiger charge is -2.36. The molecule has 0 saturated carbocycles. The van der Waals surface area contributed by atoms with Crippen LogP contribution in [0, 0.1) is 0 Å². The Bertz CT molecular complexity index is 4490. The van der Waals surface area contributed by atoms with Crippen molar-refractivity contribution in [3.8, 4) is 61.4 Å². The van der Waals surface area contributed by atoms with Crippen molar-refractivity contribution in [2.24, 2.45) is 0 Å². The van der Waals surface area contributed by atoms with E-state index in [1.54, 1.807) is 12.1 Å². The molecule has 386 valence electrons. The molecule has 0 N–H and O–H groups in total. The fraction of sp³-hybridized carbons (Fsp3) is 0.0270. The summed E-state index contributed by atoms with van der Waals surface area (Å²) in [5.41, 5.74) is 19.2. The summed E-state index contributed by atoms with van der Waals surface area (Å²) < 4.78 is 58.4. The zero-order valence-corrected chi connectivity index (χ0v) is 43.4. The Morgan fingerprint density at radius 2 is 0.778 bits per heavy atom. The van der Waals surface area contributed by atoms with Crippen molar-refractivity contribution in [2.75, 3.05) is 4.90 Å². The molecule has 2 heterocycles. The molecule has 4 nitrogen and oxygen atoms in total. The number of rotatable bonds is 10. The van der Waals surface area contributed by atoms with Crippen LogP contribution in [0.1, 0.15) is 22.3 Å². The van der Waals surface area contributed by atoms with Gasteiger partial charge in [-0.1, -0.05) is 206 Å². The van der Waals surface area contributed by atoms with Crippen LogP contribution < -0.4 is 9.64 Å². The van der Waals surface area contributed by atoms with Gasteiger partial charge in [0.1, 0.15) is 28.1 Å². The molecule has 1 aliphatic rings. The number of furan rings is 2. The number of anilines is 3. The molecule has 0 amide bonds. The van der Waals surface area contributed by atoms with E-state index in [0.717, 1.165) is 139 Å². The topological polar surface area (TPSA) is 38.8 Å². The summed E-state index contributed by atoms with van der Waals surface area (Å²) in [7, 11) is 0. The predicted molar refractivity (Wildman–Crippen MR) is 321 cm³/mol. The Morgan fingerprint density at radius 1 is 0.333 bits per heavy atom. The summed E-state index contributed by atoms with van der Waals surface area (Å²) in [4.78, 5) is 2.32. The van der Waals surface area contributed by atoms with Crippen molar-refractivity contribution in [1.29, 1.82) is 0 Å². The van der Waals surface area contributed by atoms with Gasteiger partial charge in [0, 0.05) is 49.7 Å². The van der Waals surface area contributed by atoms with Crippen LogP contribution in [-0.4, -0.2) is 6.36 Å². The highest BCUT2D eigenvalue weighted by atomic mass is 19.4. The second kappa shape index (κ2) is 18.9. The highest BCUT2D eigenvalue weighted by Gasteiger charge is 2.48. The van der Waals surface area contributed by atoms with Gasteiger partial charge in [-0.25, -0.2) is 0 Å². The van der Waals surface area contributed by atoms with Crippen molar-refractivity contribution in [1.82, 2.24) is 0 Å². The molecule has 0 fully saturated rings. The van der Waals surface area contributed by atoms with Gasteiger partial charge < -0.3 is 18.5 Å². The number of hydrogen-bond acceptors (Lipinski definition) is 4. The fourth-order valence-corrected chi connectivity index (χ4v) is 12.6. The average Bonchev–Trinajstić information content (AvgIpc) is 3.55. The summed E-state index contributed by atoms with van der Waals surface area (Å²) in [6.07, 6.45) is -4.84. The molecular weight excluding hydrogens is 1010 g/mol. The predicted octanol–water partition coefficient (Wildman–Crippen LogP) is 20.9. The SMILES string of the molecule is FC(F)(F)Oc1ccc(-c2cc(-c3ccccc3)cc3c2C(c2ccccc2)(c2ccccc2)c2cc(N(c4ccc(-c5cccc6c5oc5ccccc56)cc4)c4ccc(-c5cccc6c5oc5ccccc56)cc4)ccc2-3)cc1. The second-order valence-corrected chi connectivity index (χ2v) is 20.6. The number of ether oxygens (including phenoxy) is 1. The lowest BCUT2D eigenvalue weighted by molar-refractivity contribution is -0.274. The zero-order chi connectivity index (χ0) is 54.2. The third kappa shape index (κ3) is 7.99. The highest BCUT2D eigenvalue weighted by molar-refractivity contribution is 6.11. The van der Waals surface area contributed by atoms with Crippen LogP contribution in [0.25, 0.3) is 99.5 Å². The van der Waals surface area contributed by atoms with E-state index in [1.807, 2.05) is 66.7 Å². The van der Waals surface area contributed by atoms with Gasteiger partial charge in [-0.15, -0.1) is 13.2 Å². The van der Waals surface area contributed by atoms with Crippen LogP contribution in [-0.2, 0) is 5.41 Å². The van der Waals surface area contributed by atoms with E-state index in [1.165, 1.54) is 12.1 Å². The molecule has 0 aliphatic heterocycles. The molecule has 0 spiro atoms. The molecule has 0 bridgehead atoms. The summed E-state index contributed by atoms with van der Waals surface area (Å²) in [5, 5.41) is 4.29. The maximum Gasteiger partial charge on any atom is 0.573 e. The summed E-state index contributed by atoms with van der Waals surface area (Å²) >= 11 is 0. The van der Waals surface area contributed by atoms with Crippen molar-refractivity contribution in [2.45, 2.75) is 11.8 Å². The molecule has 1 aliphatic carbocycles. The first-order chi connectivity index (χ1) is 39.8. The zero-order valence-electron chi connectivity index (χ0n) is 43.4. The number of halogens is 3. The van der Waals surface area contributed by atoms with Crippen LogP contribution >= 0.6 is 0 Å². The Balaban J connectivity index is 0.953. The van der Waals surface area contributed by atoms with E-state index in [2.05, 4.69) is 198 Å². The van der Waals surface area contributed by atoms with Crippen molar-refractivity contribution >= 4 is 60.9 Å². The largest absolute Gasteiger partial charge is 0.573 e. The van der Waals surface area contributed by atoms with Gasteiger partial charge in [-0.2, -0.15) is 0 Å². The van der Waals surface area contributed by atoms with Crippen molar-refractivity contribution in [3.05, 3.63) is 301 Å². The molecule has 0 saturated heterocycles. The highest BCUT2D eigenvalue weighted by Crippen LogP contribution is 2.61. The Labute approximate surface area is 464 Å². The van der Waals surface area contributed by atoms with Crippen LogP contribution in [0.15, 0.2) is 288 Å². The van der Waals surface area contributed by atoms with Crippen LogP contribution in [0.5, 0.6) is 5.75 Å². The van der Waals surface area contributed by atoms with Gasteiger partial charge in [0.15, 0.2) is 0 Å². The number of nitrogens with zero attached hydrogens (tertiary/aromatic N) is 1.